The van der Waals surface area contributed by atoms with Crippen LogP contribution in [0.4, 0.5) is 11.4 Å². The molecule has 30 heavy (non-hydrogen) atoms. The molecule has 2 aliphatic rings. The van der Waals surface area contributed by atoms with Crippen LogP contribution in [0.3, 0.4) is 0 Å². The maximum atomic E-state index is 12.6. The first-order valence-corrected chi connectivity index (χ1v) is 9.47. The molecule has 0 unspecified atom stereocenters. The monoisotopic (exact) mass is 412 g/mol. The van der Waals surface area contributed by atoms with Gasteiger partial charge in [0.05, 0.1) is 17.4 Å². The van der Waals surface area contributed by atoms with Crippen molar-refractivity contribution in [1.82, 2.24) is 0 Å². The van der Waals surface area contributed by atoms with Crippen LogP contribution in [-0.2, 0) is 32.3 Å². The minimum Gasteiger partial charge on any atom is -0.467 e. The lowest BCUT2D eigenvalue weighted by Crippen LogP contribution is -2.26. The molecule has 4 rings (SSSR count). The fourth-order valence-corrected chi connectivity index (χ4v) is 3.60. The summed E-state index contributed by atoms with van der Waals surface area (Å²) >= 11 is 0. The highest BCUT2D eigenvalue weighted by Crippen LogP contribution is 2.33. The largest absolute Gasteiger partial charge is 0.467 e. The van der Waals surface area contributed by atoms with Crippen molar-refractivity contribution < 1.29 is 28.7 Å². The first kappa shape index (κ1) is 19.8. The SMILES string of the molecule is Cc1ccc(N2C[C@H](C(=O)OCc3cc([N+](=O)[O-])cc4c3OCOC4)CC2=O)cc1. The van der Waals surface area contributed by atoms with Crippen LogP contribution in [-0.4, -0.2) is 30.1 Å². The molecule has 9 nitrogen and oxygen atoms in total. The second-order valence-corrected chi connectivity index (χ2v) is 7.31. The lowest BCUT2D eigenvalue weighted by Gasteiger charge is -2.21. The number of esters is 1. The number of carbonyl (C=O) groups excluding carboxylic acids is 2. The van der Waals surface area contributed by atoms with E-state index in [2.05, 4.69) is 0 Å². The number of hydrogen-bond acceptors (Lipinski definition) is 7. The number of nitrogens with zero attached hydrogens (tertiary/aromatic N) is 2. The minimum atomic E-state index is -0.599. The maximum absolute atomic E-state index is 12.6. The van der Waals surface area contributed by atoms with Crippen molar-refractivity contribution in [2.24, 2.45) is 5.92 Å². The molecule has 0 bridgehead atoms. The van der Waals surface area contributed by atoms with Crippen molar-refractivity contribution >= 4 is 23.3 Å². The third kappa shape index (κ3) is 3.97. The second-order valence-electron chi connectivity index (χ2n) is 7.31. The van der Waals surface area contributed by atoms with Gasteiger partial charge < -0.3 is 19.1 Å². The average Bonchev–Trinajstić information content (AvgIpc) is 3.13. The van der Waals surface area contributed by atoms with Crippen LogP contribution in [0, 0.1) is 23.0 Å². The topological polar surface area (TPSA) is 108 Å². The number of anilines is 1. The van der Waals surface area contributed by atoms with Crippen LogP contribution < -0.4 is 9.64 Å². The van der Waals surface area contributed by atoms with E-state index in [9.17, 15) is 19.7 Å². The van der Waals surface area contributed by atoms with Gasteiger partial charge in [0.25, 0.3) is 5.69 Å². The average molecular weight is 412 g/mol. The van der Waals surface area contributed by atoms with Gasteiger partial charge in [-0.3, -0.25) is 19.7 Å². The fourth-order valence-electron chi connectivity index (χ4n) is 3.60. The van der Waals surface area contributed by atoms with Gasteiger partial charge in [-0.15, -0.1) is 0 Å². The predicted molar refractivity (Wildman–Crippen MR) is 105 cm³/mol. The number of non-ortho nitro benzene ring substituents is 1. The number of hydrogen-bond donors (Lipinski definition) is 0. The van der Waals surface area contributed by atoms with Gasteiger partial charge in [0.1, 0.15) is 12.4 Å². The number of aryl methyl sites for hydroxylation is 1. The van der Waals surface area contributed by atoms with E-state index < -0.39 is 16.8 Å². The van der Waals surface area contributed by atoms with Gasteiger partial charge in [-0.2, -0.15) is 0 Å². The van der Waals surface area contributed by atoms with E-state index in [0.29, 0.717) is 16.9 Å². The van der Waals surface area contributed by atoms with Crippen LogP contribution in [0.5, 0.6) is 5.75 Å². The zero-order valence-electron chi connectivity index (χ0n) is 16.3. The molecule has 0 spiro atoms. The standard InChI is InChI=1S/C21H20N2O7/c1-13-2-4-17(5-3-13)22-9-14(8-19(22)24)21(25)29-11-16-7-18(23(26)27)6-15-10-28-12-30-20(15)16/h2-7,14H,8-12H2,1H3/t14-/m1/s1. The summed E-state index contributed by atoms with van der Waals surface area (Å²) < 4.78 is 16.0. The lowest BCUT2D eigenvalue weighted by molar-refractivity contribution is -0.385. The third-order valence-corrected chi connectivity index (χ3v) is 5.16. The predicted octanol–water partition coefficient (Wildman–Crippen LogP) is 2.87. The quantitative estimate of drug-likeness (QED) is 0.422. The molecule has 2 aromatic carbocycles. The molecule has 0 aliphatic carbocycles. The Hall–Kier alpha value is -3.46. The Kier molecular flexibility index (Phi) is 5.37. The van der Waals surface area contributed by atoms with Crippen LogP contribution in [0.2, 0.25) is 0 Å². The molecule has 9 heteroatoms. The molecule has 0 aromatic heterocycles. The molecule has 0 radical (unpaired) electrons. The van der Waals surface area contributed by atoms with Crippen LogP contribution in [0.1, 0.15) is 23.1 Å². The molecule has 1 atom stereocenters. The molecule has 2 aromatic rings. The summed E-state index contributed by atoms with van der Waals surface area (Å²) in [4.78, 5) is 37.2. The van der Waals surface area contributed by atoms with E-state index in [4.69, 9.17) is 14.2 Å². The van der Waals surface area contributed by atoms with Gasteiger partial charge in [0.15, 0.2) is 6.79 Å². The van der Waals surface area contributed by atoms with Gasteiger partial charge in [0, 0.05) is 41.9 Å². The van der Waals surface area contributed by atoms with E-state index in [-0.39, 0.29) is 44.6 Å². The number of carbonyl (C=O) groups is 2. The summed E-state index contributed by atoms with van der Waals surface area (Å²) in [5.41, 5.74) is 2.62. The minimum absolute atomic E-state index is 0.0222. The van der Waals surface area contributed by atoms with E-state index in [1.165, 1.54) is 12.1 Å². The van der Waals surface area contributed by atoms with E-state index in [0.717, 1.165) is 11.3 Å². The van der Waals surface area contributed by atoms with Crippen molar-refractivity contribution in [1.29, 1.82) is 0 Å². The summed E-state index contributed by atoms with van der Waals surface area (Å²) in [6, 6.07) is 10.2. The first-order chi connectivity index (χ1) is 14.4. The Morgan fingerprint density at radius 3 is 2.80 bits per heavy atom. The number of rotatable bonds is 5. The van der Waals surface area contributed by atoms with Gasteiger partial charge in [-0.25, -0.2) is 0 Å². The number of nitro benzene ring substituents is 1. The number of ether oxygens (including phenoxy) is 3. The molecular weight excluding hydrogens is 392 g/mol. The van der Waals surface area contributed by atoms with Crippen molar-refractivity contribution in [3.8, 4) is 5.75 Å². The highest BCUT2D eigenvalue weighted by molar-refractivity contribution is 5.99. The number of nitro groups is 1. The Balaban J connectivity index is 1.45. The summed E-state index contributed by atoms with van der Waals surface area (Å²) in [5.74, 6) is -0.833. The van der Waals surface area contributed by atoms with Crippen LogP contribution in [0.25, 0.3) is 0 Å². The molecule has 1 amide bonds. The first-order valence-electron chi connectivity index (χ1n) is 9.47. The zero-order chi connectivity index (χ0) is 21.3. The number of amides is 1. The normalized spacial score (nSPS) is 18.0. The molecule has 1 fully saturated rings. The second kappa shape index (κ2) is 8.11. The van der Waals surface area contributed by atoms with Gasteiger partial charge in [0.2, 0.25) is 5.91 Å². The van der Waals surface area contributed by atoms with Crippen LogP contribution in [0.15, 0.2) is 36.4 Å². The molecular formula is C21H20N2O7. The van der Waals surface area contributed by atoms with E-state index in [1.54, 1.807) is 4.90 Å². The smallest absolute Gasteiger partial charge is 0.311 e. The Morgan fingerprint density at radius 2 is 2.07 bits per heavy atom. The molecule has 156 valence electrons. The number of fused-ring (bicyclic) bond motifs is 1. The van der Waals surface area contributed by atoms with E-state index >= 15 is 0 Å². The summed E-state index contributed by atoms with van der Waals surface area (Å²) in [6.45, 7) is 2.21. The van der Waals surface area contributed by atoms with Crippen molar-refractivity contribution in [3.63, 3.8) is 0 Å². The molecule has 2 heterocycles. The third-order valence-electron chi connectivity index (χ3n) is 5.16. The molecule has 2 aliphatic heterocycles. The Bertz CT molecular complexity index is 1000. The highest BCUT2D eigenvalue weighted by atomic mass is 16.7. The van der Waals surface area contributed by atoms with Crippen molar-refractivity contribution in [2.45, 2.75) is 26.6 Å². The molecule has 0 N–H and O–H groups in total. The maximum Gasteiger partial charge on any atom is 0.311 e. The molecule has 1 saturated heterocycles. The Labute approximate surface area is 172 Å². The number of benzene rings is 2. The summed E-state index contributed by atoms with van der Waals surface area (Å²) in [7, 11) is 0. The summed E-state index contributed by atoms with van der Waals surface area (Å²) in [6.07, 6.45) is 0.0596. The van der Waals surface area contributed by atoms with Crippen LogP contribution >= 0.6 is 0 Å². The molecule has 0 saturated carbocycles. The zero-order valence-corrected chi connectivity index (χ0v) is 16.3. The van der Waals surface area contributed by atoms with Gasteiger partial charge >= 0.3 is 5.97 Å². The fraction of sp³-hybridized carbons (Fsp3) is 0.333. The van der Waals surface area contributed by atoms with Crippen molar-refractivity contribution in [2.75, 3.05) is 18.2 Å². The van der Waals surface area contributed by atoms with E-state index in [1.807, 2.05) is 31.2 Å². The van der Waals surface area contributed by atoms with Gasteiger partial charge in [-0.05, 0) is 19.1 Å². The highest BCUT2D eigenvalue weighted by Gasteiger charge is 2.36. The van der Waals surface area contributed by atoms with Crippen molar-refractivity contribution in [3.05, 3.63) is 63.2 Å². The summed E-state index contributed by atoms with van der Waals surface area (Å²) in [5, 5.41) is 11.2. The Morgan fingerprint density at radius 1 is 1.30 bits per heavy atom. The lowest BCUT2D eigenvalue weighted by atomic mass is 10.1. The van der Waals surface area contributed by atoms with Gasteiger partial charge in [-0.1, -0.05) is 17.7 Å².